The van der Waals surface area contributed by atoms with Gasteiger partial charge in [0, 0.05) is 6.54 Å². The standard InChI is InChI=1S/C17H21NO4S/c1-13-9-10-15(22-3)16(11-13)23(20,21)18-12-17(2,19)14-7-5-4-6-8-14/h4-11,18-19H,12H2,1-3H3. The molecule has 0 amide bonds. The van der Waals surface area contributed by atoms with Crippen molar-refractivity contribution < 1.29 is 18.3 Å². The van der Waals surface area contributed by atoms with Crippen molar-refractivity contribution >= 4 is 10.0 Å². The molecule has 0 aliphatic carbocycles. The second-order valence-corrected chi connectivity index (χ2v) is 7.35. The Morgan fingerprint density at radius 1 is 1.17 bits per heavy atom. The van der Waals surface area contributed by atoms with E-state index >= 15 is 0 Å². The van der Waals surface area contributed by atoms with E-state index in [9.17, 15) is 13.5 Å². The maximum atomic E-state index is 12.5. The minimum absolute atomic E-state index is 0.0591. The molecule has 6 heteroatoms. The van der Waals surface area contributed by atoms with Gasteiger partial charge in [-0.05, 0) is 37.1 Å². The van der Waals surface area contributed by atoms with Gasteiger partial charge in [-0.3, -0.25) is 0 Å². The summed E-state index contributed by atoms with van der Waals surface area (Å²) in [5.41, 5.74) is 0.130. The van der Waals surface area contributed by atoms with Crippen molar-refractivity contribution in [2.24, 2.45) is 0 Å². The zero-order valence-electron chi connectivity index (χ0n) is 13.4. The lowest BCUT2D eigenvalue weighted by Crippen LogP contribution is -2.38. The van der Waals surface area contributed by atoms with Crippen molar-refractivity contribution in [3.63, 3.8) is 0 Å². The van der Waals surface area contributed by atoms with Gasteiger partial charge in [-0.15, -0.1) is 0 Å². The van der Waals surface area contributed by atoms with Gasteiger partial charge in [-0.2, -0.15) is 0 Å². The summed E-state index contributed by atoms with van der Waals surface area (Å²) in [5, 5.41) is 10.5. The van der Waals surface area contributed by atoms with Crippen LogP contribution in [-0.4, -0.2) is 27.2 Å². The van der Waals surface area contributed by atoms with Gasteiger partial charge in [0.25, 0.3) is 0 Å². The lowest BCUT2D eigenvalue weighted by molar-refractivity contribution is 0.0627. The largest absolute Gasteiger partial charge is 0.495 e. The number of benzene rings is 2. The van der Waals surface area contributed by atoms with Crippen molar-refractivity contribution in [1.82, 2.24) is 4.72 Å². The molecule has 0 heterocycles. The molecule has 0 aliphatic heterocycles. The molecule has 1 unspecified atom stereocenters. The molecule has 1 atom stereocenters. The summed E-state index contributed by atoms with van der Waals surface area (Å²) < 4.78 is 32.7. The molecule has 124 valence electrons. The van der Waals surface area contributed by atoms with E-state index < -0.39 is 15.6 Å². The molecule has 0 bridgehead atoms. The number of rotatable bonds is 6. The van der Waals surface area contributed by atoms with Crippen LogP contribution >= 0.6 is 0 Å². The number of methoxy groups -OCH3 is 1. The fourth-order valence-corrected chi connectivity index (χ4v) is 3.59. The van der Waals surface area contributed by atoms with E-state index in [0.29, 0.717) is 5.56 Å². The molecule has 23 heavy (non-hydrogen) atoms. The normalized spacial score (nSPS) is 14.3. The molecule has 5 nitrogen and oxygen atoms in total. The molecule has 0 saturated heterocycles. The molecule has 0 fully saturated rings. The number of aryl methyl sites for hydroxylation is 1. The molecule has 0 radical (unpaired) electrons. The quantitative estimate of drug-likeness (QED) is 0.848. The Morgan fingerprint density at radius 3 is 2.43 bits per heavy atom. The van der Waals surface area contributed by atoms with Crippen LogP contribution in [0.4, 0.5) is 0 Å². The zero-order chi connectivity index (χ0) is 17.1. The van der Waals surface area contributed by atoms with E-state index in [4.69, 9.17) is 4.74 Å². The van der Waals surface area contributed by atoms with Crippen LogP contribution in [-0.2, 0) is 15.6 Å². The zero-order valence-corrected chi connectivity index (χ0v) is 14.2. The molecule has 2 aromatic rings. The first kappa shape index (κ1) is 17.5. The minimum Gasteiger partial charge on any atom is -0.495 e. The Balaban J connectivity index is 2.24. The lowest BCUT2D eigenvalue weighted by Gasteiger charge is -2.24. The van der Waals surface area contributed by atoms with E-state index in [1.165, 1.54) is 7.11 Å². The molecule has 0 spiro atoms. The molecule has 0 aliphatic rings. The van der Waals surface area contributed by atoms with E-state index in [2.05, 4.69) is 4.72 Å². The van der Waals surface area contributed by atoms with Gasteiger partial charge >= 0.3 is 0 Å². The number of sulfonamides is 1. The Morgan fingerprint density at radius 2 is 1.83 bits per heavy atom. The summed E-state index contributed by atoms with van der Waals surface area (Å²) in [4.78, 5) is 0.0591. The summed E-state index contributed by atoms with van der Waals surface area (Å²) >= 11 is 0. The smallest absolute Gasteiger partial charge is 0.244 e. The second kappa shape index (κ2) is 6.70. The summed E-state index contributed by atoms with van der Waals surface area (Å²) in [6.45, 7) is 3.23. The van der Waals surface area contributed by atoms with Gasteiger partial charge < -0.3 is 9.84 Å². The van der Waals surface area contributed by atoms with Crippen LogP contribution in [0.1, 0.15) is 18.1 Å². The van der Waals surface area contributed by atoms with Gasteiger partial charge in [0.05, 0.1) is 7.11 Å². The number of hydrogen-bond donors (Lipinski definition) is 2. The highest BCUT2D eigenvalue weighted by atomic mass is 32.2. The highest BCUT2D eigenvalue weighted by Crippen LogP contribution is 2.26. The minimum atomic E-state index is -3.80. The first-order chi connectivity index (χ1) is 10.8. The third-order valence-corrected chi connectivity index (χ3v) is 5.03. The fraction of sp³-hybridized carbons (Fsp3) is 0.294. The number of nitrogens with one attached hydrogen (secondary N) is 1. The summed E-state index contributed by atoms with van der Waals surface area (Å²) in [6.07, 6.45) is 0. The maximum Gasteiger partial charge on any atom is 0.244 e. The van der Waals surface area contributed by atoms with Crippen LogP contribution in [0.15, 0.2) is 53.4 Å². The van der Waals surface area contributed by atoms with E-state index in [0.717, 1.165) is 5.56 Å². The topological polar surface area (TPSA) is 75.6 Å². The Labute approximate surface area is 137 Å². The number of aliphatic hydroxyl groups is 1. The maximum absolute atomic E-state index is 12.5. The van der Waals surface area contributed by atoms with Crippen LogP contribution in [0.2, 0.25) is 0 Å². The third-order valence-electron chi connectivity index (χ3n) is 3.61. The van der Waals surface area contributed by atoms with Gasteiger partial charge in [0.1, 0.15) is 16.2 Å². The van der Waals surface area contributed by atoms with Gasteiger partial charge in [-0.25, -0.2) is 13.1 Å². The average Bonchev–Trinajstić information content (AvgIpc) is 2.54. The Hall–Kier alpha value is -1.89. The first-order valence-electron chi connectivity index (χ1n) is 7.18. The highest BCUT2D eigenvalue weighted by Gasteiger charge is 2.27. The monoisotopic (exact) mass is 335 g/mol. The van der Waals surface area contributed by atoms with Crippen molar-refractivity contribution in [1.29, 1.82) is 0 Å². The van der Waals surface area contributed by atoms with Crippen LogP contribution in [0, 0.1) is 6.92 Å². The number of ether oxygens (including phenoxy) is 1. The SMILES string of the molecule is COc1ccc(C)cc1S(=O)(=O)NCC(C)(O)c1ccccc1. The molecule has 2 aromatic carbocycles. The molecular weight excluding hydrogens is 314 g/mol. The predicted octanol–water partition coefficient (Wildman–Crippen LogP) is 2.19. The van der Waals surface area contributed by atoms with Crippen molar-refractivity contribution in [3.05, 3.63) is 59.7 Å². The van der Waals surface area contributed by atoms with Crippen LogP contribution < -0.4 is 9.46 Å². The van der Waals surface area contributed by atoms with Crippen molar-refractivity contribution in [3.8, 4) is 5.75 Å². The average molecular weight is 335 g/mol. The molecule has 2 N–H and O–H groups in total. The molecule has 0 aromatic heterocycles. The summed E-state index contributed by atoms with van der Waals surface area (Å²) in [5.74, 6) is 0.266. The van der Waals surface area contributed by atoms with Gasteiger partial charge in [-0.1, -0.05) is 36.4 Å². The van der Waals surface area contributed by atoms with Gasteiger partial charge in [0.15, 0.2) is 0 Å². The number of hydrogen-bond acceptors (Lipinski definition) is 4. The van der Waals surface area contributed by atoms with Crippen LogP contribution in [0.5, 0.6) is 5.75 Å². The van der Waals surface area contributed by atoms with Crippen molar-refractivity contribution in [2.75, 3.05) is 13.7 Å². The molecule has 0 saturated carbocycles. The highest BCUT2D eigenvalue weighted by molar-refractivity contribution is 7.89. The summed E-state index contributed by atoms with van der Waals surface area (Å²) in [6, 6.07) is 13.9. The van der Waals surface area contributed by atoms with E-state index in [-0.39, 0.29) is 17.2 Å². The van der Waals surface area contributed by atoms with E-state index in [1.807, 2.05) is 6.07 Å². The third kappa shape index (κ3) is 4.10. The van der Waals surface area contributed by atoms with E-state index in [1.54, 1.807) is 56.3 Å². The van der Waals surface area contributed by atoms with Crippen LogP contribution in [0.25, 0.3) is 0 Å². The summed E-state index contributed by atoms with van der Waals surface area (Å²) in [7, 11) is -2.38. The Kier molecular flexibility index (Phi) is 5.09. The van der Waals surface area contributed by atoms with Gasteiger partial charge in [0.2, 0.25) is 10.0 Å². The predicted molar refractivity (Wildman–Crippen MR) is 88.9 cm³/mol. The second-order valence-electron chi connectivity index (χ2n) is 5.62. The first-order valence-corrected chi connectivity index (χ1v) is 8.67. The van der Waals surface area contributed by atoms with Crippen LogP contribution in [0.3, 0.4) is 0 Å². The fourth-order valence-electron chi connectivity index (χ4n) is 2.21. The Bertz CT molecular complexity index is 770. The molecular formula is C17H21NO4S. The van der Waals surface area contributed by atoms with Crippen molar-refractivity contribution in [2.45, 2.75) is 24.3 Å². The lowest BCUT2D eigenvalue weighted by atomic mass is 9.97. The molecule has 2 rings (SSSR count).